The van der Waals surface area contributed by atoms with Crippen LogP contribution < -0.4 is 48.7 Å². The number of esters is 11. The number of hydrazone groups is 2. The molecule has 10 aromatic rings. The van der Waals surface area contributed by atoms with Gasteiger partial charge in [0.15, 0.2) is 6.10 Å². The van der Waals surface area contributed by atoms with Crippen LogP contribution >= 0.6 is 22.7 Å². The standard InChI is InChI=1S/C44H37N3O14S.C44H39N3O12S.4CH4/c1-4-38(48)54-22-21-41(51)59-34(26-56-39(49)5-2)25-55-31-15-11-29(12-16-31)43(53)61-36-20-19-33(23-30(36)24-45-47-44-46-35-9-7-8-10-37(35)62-44)60-42(52)28-13-17-32(18-14-28)57-27-58-40(50)6-3;1-4-39(48)54-27-35(57-41(50)6-3)11-9-10-24-53-32-18-14-30(15-19-32)43(52)59-37-23-22-34(25-31(37)26-45-47-44-46-36-12-7-8-13-38(36)60-44)58-42(51)29-16-20-33(21-17-29)55-28-56-40(49)5-2;;;;/h4-20,23-24,34H,1-3,21-22,25-27H2,(H,46,47);4-8,12-23,25-26,35H,1-3,9-11,24,27-28H2,(H,46,47);4*1H4/b45-24+;45-26+;;;;. The van der Waals surface area contributed by atoms with Crippen LogP contribution in [0.4, 0.5) is 10.3 Å². The summed E-state index contributed by atoms with van der Waals surface area (Å²) in [6.07, 6.45) is 8.43. The quantitative estimate of drug-likeness (QED) is 0.00523. The SMILES string of the molecule is C.C.C.C.C=CC(=O)OCCC(=O)OC(COC(=O)C=C)COc1ccc(C(=O)Oc2ccc(OC(=O)c3ccc(OCOC(=O)C=C)cc3)cc2/C=N/Nc2nc3ccccc3s2)cc1.C=CC(=O)OCOc1ccc(C(=O)Oc2ccc(OC(=O)c3ccc(OCCCCC(COC(=O)C=C)OC(=O)C=C)cc3)c(/C=N/Nc3nc4ccccc4s3)c2)cc1. The van der Waals surface area contributed by atoms with Gasteiger partial charge in [0.2, 0.25) is 23.8 Å². The van der Waals surface area contributed by atoms with E-state index in [1.807, 2.05) is 48.5 Å². The zero-order chi connectivity index (χ0) is 87.0. The second-order valence-corrected chi connectivity index (χ2v) is 26.5. The lowest BCUT2D eigenvalue weighted by atomic mass is 10.1. The number of hydrogen-bond donors (Lipinski definition) is 2. The zero-order valence-corrected chi connectivity index (χ0v) is 66.5. The Kier molecular flexibility index (Phi) is 42.5. The largest absolute Gasteiger partial charge is 0.494 e. The molecule has 2 aromatic heterocycles. The van der Waals surface area contributed by atoms with Crippen molar-refractivity contribution in [1.82, 2.24) is 9.97 Å². The van der Waals surface area contributed by atoms with Gasteiger partial charge in [-0.1, -0.05) is 116 Å². The second-order valence-electron chi connectivity index (χ2n) is 24.4. The minimum absolute atomic E-state index is 0. The van der Waals surface area contributed by atoms with Crippen LogP contribution in [0.1, 0.15) is 108 Å². The number of thiazole rings is 2. The van der Waals surface area contributed by atoms with Crippen molar-refractivity contribution in [1.29, 1.82) is 0 Å². The maximum absolute atomic E-state index is 13.4. The minimum atomic E-state index is -1.04. The van der Waals surface area contributed by atoms with E-state index in [9.17, 15) is 52.7 Å². The van der Waals surface area contributed by atoms with Crippen molar-refractivity contribution in [2.24, 2.45) is 10.2 Å². The maximum Gasteiger partial charge on any atom is 0.343 e. The summed E-state index contributed by atoms with van der Waals surface area (Å²) in [5.74, 6) is -5.59. The number of nitrogens with one attached hydrogen (secondary N) is 2. The Morgan fingerprint density at radius 2 is 0.730 bits per heavy atom. The van der Waals surface area contributed by atoms with E-state index in [0.717, 1.165) is 56.9 Å². The first kappa shape index (κ1) is 101. The van der Waals surface area contributed by atoms with Crippen molar-refractivity contribution >= 4 is 131 Å². The van der Waals surface area contributed by atoms with Gasteiger partial charge in [0.05, 0.1) is 68.1 Å². The molecule has 34 heteroatoms. The fourth-order valence-electron chi connectivity index (χ4n) is 9.91. The second kappa shape index (κ2) is 53.1. The van der Waals surface area contributed by atoms with Crippen LogP contribution in [0.25, 0.3) is 20.4 Å². The molecule has 0 aliphatic heterocycles. The lowest BCUT2D eigenvalue weighted by Crippen LogP contribution is -2.31. The number of unbranched alkanes of at least 4 members (excludes halogenated alkanes) is 1. The summed E-state index contributed by atoms with van der Waals surface area (Å²) < 4.78 is 81.8. The third kappa shape index (κ3) is 33.4. The summed E-state index contributed by atoms with van der Waals surface area (Å²) in [6.45, 7) is 18.7. The number of fused-ring (bicyclic) bond motifs is 2. The highest BCUT2D eigenvalue weighted by atomic mass is 32.1. The smallest absolute Gasteiger partial charge is 0.343 e. The summed E-state index contributed by atoms with van der Waals surface area (Å²) in [6, 6.07) is 48.1. The van der Waals surface area contributed by atoms with E-state index in [0.29, 0.717) is 58.9 Å². The summed E-state index contributed by atoms with van der Waals surface area (Å²) in [5.41, 5.74) is 8.68. The van der Waals surface area contributed by atoms with Crippen LogP contribution in [0.3, 0.4) is 0 Å². The first-order valence-electron chi connectivity index (χ1n) is 36.5. The lowest BCUT2D eigenvalue weighted by molar-refractivity contribution is -0.160. The molecule has 0 amide bonds. The molecule has 0 fully saturated rings. The molecule has 32 nitrogen and oxygen atoms in total. The number of nitrogens with zero attached hydrogens (tertiary/aromatic N) is 4. The normalized spacial score (nSPS) is 10.7. The fourth-order valence-corrected chi connectivity index (χ4v) is 11.5. The van der Waals surface area contributed by atoms with Crippen molar-refractivity contribution < 1.29 is 124 Å². The molecule has 658 valence electrons. The Labute approximate surface area is 733 Å². The van der Waals surface area contributed by atoms with Gasteiger partial charge < -0.3 is 71.1 Å². The predicted molar refractivity (Wildman–Crippen MR) is 474 cm³/mol. The molecule has 2 atom stereocenters. The molecule has 2 heterocycles. The molecule has 2 unspecified atom stereocenters. The number of ether oxygens (including phenoxy) is 15. The minimum Gasteiger partial charge on any atom is -0.494 e. The number of para-hydroxylation sites is 2. The topological polar surface area (TPSA) is 401 Å². The fraction of sp³-hybridized carbons (Fsp3) is 0.185. The van der Waals surface area contributed by atoms with Gasteiger partial charge in [0.25, 0.3) is 0 Å². The first-order chi connectivity index (χ1) is 59.2. The summed E-state index contributed by atoms with van der Waals surface area (Å²) in [4.78, 5) is 143. The lowest BCUT2D eigenvalue weighted by Gasteiger charge is -2.18. The molecule has 0 bridgehead atoms. The average molecular weight is 1760 g/mol. The Balaban J connectivity index is 0.000000434. The van der Waals surface area contributed by atoms with Crippen LogP contribution in [0, 0.1) is 0 Å². The van der Waals surface area contributed by atoms with Gasteiger partial charge in [0.1, 0.15) is 78.5 Å². The van der Waals surface area contributed by atoms with Crippen molar-refractivity contribution in [3.8, 4) is 46.0 Å². The van der Waals surface area contributed by atoms with Gasteiger partial charge in [-0.05, 0) is 177 Å². The van der Waals surface area contributed by atoms with Crippen molar-refractivity contribution in [3.05, 3.63) is 291 Å². The van der Waals surface area contributed by atoms with E-state index in [1.165, 1.54) is 144 Å². The Morgan fingerprint density at radius 1 is 0.365 bits per heavy atom. The van der Waals surface area contributed by atoms with Crippen molar-refractivity contribution in [3.63, 3.8) is 0 Å². The highest BCUT2D eigenvalue weighted by Gasteiger charge is 2.23. The van der Waals surface area contributed by atoms with Crippen LogP contribution in [-0.4, -0.2) is 147 Å². The number of rotatable bonds is 44. The van der Waals surface area contributed by atoms with Crippen LogP contribution in [0.15, 0.2) is 268 Å². The van der Waals surface area contributed by atoms with Gasteiger partial charge in [-0.25, -0.2) is 57.9 Å². The number of carbonyl (C=O) groups is 11. The molecular formula is C92H92N6O26S2. The van der Waals surface area contributed by atoms with Gasteiger partial charge >= 0.3 is 65.7 Å². The maximum atomic E-state index is 13.4. The van der Waals surface area contributed by atoms with Gasteiger partial charge in [-0.3, -0.25) is 15.6 Å². The number of carbonyl (C=O) groups excluding carboxylic acids is 11. The monoisotopic (exact) mass is 1760 g/mol. The third-order valence-electron chi connectivity index (χ3n) is 15.9. The summed E-state index contributed by atoms with van der Waals surface area (Å²) in [5, 5.41) is 9.62. The van der Waals surface area contributed by atoms with E-state index < -0.39 is 77.9 Å². The van der Waals surface area contributed by atoms with Crippen LogP contribution in [-0.2, 0) is 66.7 Å². The number of anilines is 2. The zero-order valence-electron chi connectivity index (χ0n) is 64.8. The van der Waals surface area contributed by atoms with Gasteiger partial charge in [0, 0.05) is 47.6 Å². The predicted octanol–water partition coefficient (Wildman–Crippen LogP) is 16.6. The number of hydrogen-bond acceptors (Lipinski definition) is 34. The van der Waals surface area contributed by atoms with Crippen LogP contribution in [0.5, 0.6) is 46.0 Å². The summed E-state index contributed by atoms with van der Waals surface area (Å²) in [7, 11) is 0. The highest BCUT2D eigenvalue weighted by molar-refractivity contribution is 7.22. The van der Waals surface area contributed by atoms with Crippen LogP contribution in [0.2, 0.25) is 0 Å². The average Bonchev–Trinajstić information content (AvgIpc) is 1.33. The molecule has 2 N–H and O–H groups in total. The van der Waals surface area contributed by atoms with E-state index in [-0.39, 0.29) is 133 Å². The van der Waals surface area contributed by atoms with Gasteiger partial charge in [-0.15, -0.1) is 0 Å². The molecule has 126 heavy (non-hydrogen) atoms. The molecular weight excluding hydrogens is 1670 g/mol. The molecule has 0 spiro atoms. The van der Waals surface area contributed by atoms with E-state index >= 15 is 0 Å². The molecule has 0 radical (unpaired) electrons. The Bertz CT molecular complexity index is 5430. The highest BCUT2D eigenvalue weighted by Crippen LogP contribution is 2.31. The van der Waals surface area contributed by atoms with E-state index in [4.69, 9.17) is 71.1 Å². The van der Waals surface area contributed by atoms with E-state index in [1.54, 1.807) is 24.3 Å². The Morgan fingerprint density at radius 3 is 1.14 bits per heavy atom. The van der Waals surface area contributed by atoms with Crippen molar-refractivity contribution in [2.45, 2.75) is 67.6 Å². The molecule has 0 saturated carbocycles. The molecule has 10 rings (SSSR count). The molecule has 0 aliphatic rings. The number of benzene rings is 8. The van der Waals surface area contributed by atoms with Gasteiger partial charge in [-0.2, -0.15) is 10.2 Å². The molecule has 0 saturated heterocycles. The third-order valence-corrected chi connectivity index (χ3v) is 17.8. The Hall–Kier alpha value is -15.7. The molecule has 8 aromatic carbocycles. The number of aromatic nitrogens is 2. The summed E-state index contributed by atoms with van der Waals surface area (Å²) >= 11 is 2.78. The van der Waals surface area contributed by atoms with E-state index in [2.05, 4.69) is 70.5 Å². The van der Waals surface area contributed by atoms with Crippen molar-refractivity contribution in [2.75, 3.05) is 57.5 Å². The first-order valence-corrected chi connectivity index (χ1v) is 38.2. The molecule has 0 aliphatic carbocycles.